The molecule has 0 aliphatic carbocycles. The average molecular weight is 396 g/mol. The predicted octanol–water partition coefficient (Wildman–Crippen LogP) is 2.63. The van der Waals surface area contributed by atoms with Gasteiger partial charge >= 0.3 is 5.97 Å². The fourth-order valence-electron chi connectivity index (χ4n) is 3.60. The number of nitrogens with zero attached hydrogens (tertiary/aromatic N) is 1. The van der Waals surface area contributed by atoms with E-state index in [-0.39, 0.29) is 24.3 Å². The Morgan fingerprint density at radius 3 is 2.45 bits per heavy atom. The summed E-state index contributed by atoms with van der Waals surface area (Å²) in [6.07, 6.45) is 1.29. The summed E-state index contributed by atoms with van der Waals surface area (Å²) < 4.78 is 5.11. The van der Waals surface area contributed by atoms with E-state index >= 15 is 0 Å². The summed E-state index contributed by atoms with van der Waals surface area (Å²) in [5.74, 6) is -0.982. The molecule has 1 aliphatic heterocycles. The molecule has 7 nitrogen and oxygen atoms in total. The van der Waals surface area contributed by atoms with Crippen LogP contribution in [0.1, 0.15) is 41.2 Å². The quantitative estimate of drug-likeness (QED) is 0.750. The topological polar surface area (TPSA) is 95.9 Å². The number of amides is 2. The number of carboxylic acid groups (broad SMARTS) is 1. The van der Waals surface area contributed by atoms with E-state index in [1.54, 1.807) is 60.5 Å². The fraction of sp³-hybridized carbons (Fsp3) is 0.318. The molecule has 29 heavy (non-hydrogen) atoms. The number of carbonyl (C=O) groups excluding carboxylic acids is 2. The first-order valence-corrected chi connectivity index (χ1v) is 9.51. The van der Waals surface area contributed by atoms with Crippen molar-refractivity contribution in [1.82, 2.24) is 10.2 Å². The molecule has 2 aromatic carbocycles. The van der Waals surface area contributed by atoms with Gasteiger partial charge < -0.3 is 20.1 Å². The van der Waals surface area contributed by atoms with Gasteiger partial charge in [0, 0.05) is 18.2 Å². The summed E-state index contributed by atoms with van der Waals surface area (Å²) in [4.78, 5) is 38.8. The monoisotopic (exact) mass is 396 g/mol. The van der Waals surface area contributed by atoms with Crippen LogP contribution >= 0.6 is 0 Å². The van der Waals surface area contributed by atoms with Crippen LogP contribution in [0.15, 0.2) is 54.6 Å². The van der Waals surface area contributed by atoms with Gasteiger partial charge in [-0.25, -0.2) is 0 Å². The Balaban J connectivity index is 1.83. The van der Waals surface area contributed by atoms with Crippen molar-refractivity contribution < 1.29 is 24.2 Å². The molecule has 7 heteroatoms. The van der Waals surface area contributed by atoms with Gasteiger partial charge in [0.2, 0.25) is 5.91 Å². The summed E-state index contributed by atoms with van der Waals surface area (Å²) in [6, 6.07) is 14.4. The van der Waals surface area contributed by atoms with Crippen LogP contribution in [0.5, 0.6) is 5.75 Å². The molecule has 1 aliphatic rings. The van der Waals surface area contributed by atoms with Gasteiger partial charge in [0.05, 0.1) is 13.5 Å². The molecule has 1 saturated heterocycles. The molecular weight excluding hydrogens is 372 g/mol. The number of benzene rings is 2. The fourth-order valence-corrected chi connectivity index (χ4v) is 3.60. The molecule has 0 saturated carbocycles. The Bertz CT molecular complexity index is 867. The zero-order chi connectivity index (χ0) is 20.8. The van der Waals surface area contributed by atoms with Gasteiger partial charge in [-0.15, -0.1) is 0 Å². The number of carbonyl (C=O) groups is 3. The van der Waals surface area contributed by atoms with Crippen molar-refractivity contribution in [2.24, 2.45) is 0 Å². The molecule has 1 fully saturated rings. The van der Waals surface area contributed by atoms with Crippen molar-refractivity contribution in [3.8, 4) is 5.75 Å². The Morgan fingerprint density at radius 2 is 1.83 bits per heavy atom. The molecule has 2 atom stereocenters. The molecule has 3 rings (SSSR count). The summed E-state index contributed by atoms with van der Waals surface area (Å²) in [5, 5.41) is 12.0. The predicted molar refractivity (Wildman–Crippen MR) is 107 cm³/mol. The van der Waals surface area contributed by atoms with Gasteiger partial charge in [-0.1, -0.05) is 30.3 Å². The maximum Gasteiger partial charge on any atom is 0.305 e. The Hall–Kier alpha value is -3.35. The molecule has 152 valence electrons. The minimum Gasteiger partial charge on any atom is -0.497 e. The zero-order valence-electron chi connectivity index (χ0n) is 16.2. The van der Waals surface area contributed by atoms with E-state index in [1.165, 1.54) is 0 Å². The Labute approximate surface area is 169 Å². The van der Waals surface area contributed by atoms with Crippen LogP contribution in [0.3, 0.4) is 0 Å². The Kier molecular flexibility index (Phi) is 6.49. The molecule has 2 N–H and O–H groups in total. The van der Waals surface area contributed by atoms with Crippen molar-refractivity contribution in [3.05, 3.63) is 65.7 Å². The first-order chi connectivity index (χ1) is 14.0. The Morgan fingerprint density at radius 1 is 1.14 bits per heavy atom. The lowest BCUT2D eigenvalue weighted by Gasteiger charge is -2.29. The highest BCUT2D eigenvalue weighted by Gasteiger charge is 2.35. The van der Waals surface area contributed by atoms with E-state index in [1.807, 2.05) is 6.07 Å². The molecule has 0 radical (unpaired) electrons. The third-order valence-corrected chi connectivity index (χ3v) is 5.08. The van der Waals surface area contributed by atoms with Crippen molar-refractivity contribution >= 4 is 17.8 Å². The zero-order valence-corrected chi connectivity index (χ0v) is 16.2. The first-order valence-electron chi connectivity index (χ1n) is 9.51. The van der Waals surface area contributed by atoms with Crippen LogP contribution in [-0.2, 0) is 9.59 Å². The number of aliphatic carboxylic acids is 1. The standard InChI is InChI=1S/C22H24N2O5/c1-29-18-11-9-16(10-12-18)21(27)23-20(15-6-3-2-4-7-15)22(28)24-13-5-8-17(24)14-19(25)26/h2-4,6-7,9-12,17,20H,5,8,13-14H2,1H3,(H,23,27)(H,25,26). The number of ether oxygens (including phenoxy) is 1. The van der Waals surface area contributed by atoms with Crippen LogP contribution in [0, 0.1) is 0 Å². The lowest BCUT2D eigenvalue weighted by atomic mass is 10.0. The van der Waals surface area contributed by atoms with E-state index in [0.717, 1.165) is 6.42 Å². The summed E-state index contributed by atoms with van der Waals surface area (Å²) in [6.45, 7) is 0.485. The van der Waals surface area contributed by atoms with E-state index in [2.05, 4.69) is 5.32 Å². The smallest absolute Gasteiger partial charge is 0.305 e. The number of rotatable bonds is 7. The lowest BCUT2D eigenvalue weighted by molar-refractivity contribution is -0.140. The van der Waals surface area contributed by atoms with E-state index < -0.39 is 12.0 Å². The highest BCUT2D eigenvalue weighted by atomic mass is 16.5. The molecule has 0 aromatic heterocycles. The third-order valence-electron chi connectivity index (χ3n) is 5.08. The van der Waals surface area contributed by atoms with E-state index in [0.29, 0.717) is 29.8 Å². The van der Waals surface area contributed by atoms with E-state index in [4.69, 9.17) is 9.84 Å². The largest absolute Gasteiger partial charge is 0.497 e. The molecule has 1 heterocycles. The van der Waals surface area contributed by atoms with Crippen molar-refractivity contribution in [2.75, 3.05) is 13.7 Å². The summed E-state index contributed by atoms with van der Waals surface area (Å²) >= 11 is 0. The second-order valence-electron chi connectivity index (χ2n) is 6.97. The van der Waals surface area contributed by atoms with Gasteiger partial charge in [-0.2, -0.15) is 0 Å². The minimum absolute atomic E-state index is 0.0975. The SMILES string of the molecule is COc1ccc(C(=O)NC(C(=O)N2CCCC2CC(=O)O)c2ccccc2)cc1. The first kappa shape index (κ1) is 20.4. The minimum atomic E-state index is -0.937. The van der Waals surface area contributed by atoms with Gasteiger partial charge in [0.15, 0.2) is 0 Å². The van der Waals surface area contributed by atoms with Crippen molar-refractivity contribution in [3.63, 3.8) is 0 Å². The number of nitrogens with one attached hydrogen (secondary N) is 1. The van der Waals surface area contributed by atoms with Gasteiger partial charge in [0.1, 0.15) is 11.8 Å². The van der Waals surface area contributed by atoms with Crippen LogP contribution in [0.2, 0.25) is 0 Å². The highest BCUT2D eigenvalue weighted by Crippen LogP contribution is 2.26. The second kappa shape index (κ2) is 9.23. The van der Waals surface area contributed by atoms with Crippen molar-refractivity contribution in [1.29, 1.82) is 0 Å². The summed E-state index contributed by atoms with van der Waals surface area (Å²) in [7, 11) is 1.54. The number of hydrogen-bond donors (Lipinski definition) is 2. The molecule has 0 bridgehead atoms. The number of hydrogen-bond acceptors (Lipinski definition) is 4. The molecular formula is C22H24N2O5. The second-order valence-corrected chi connectivity index (χ2v) is 6.97. The van der Waals surface area contributed by atoms with Crippen LogP contribution in [0.4, 0.5) is 0 Å². The number of carboxylic acids is 1. The molecule has 2 amide bonds. The normalized spacial score (nSPS) is 16.9. The average Bonchev–Trinajstić information content (AvgIpc) is 3.19. The van der Waals surface area contributed by atoms with E-state index in [9.17, 15) is 14.4 Å². The third kappa shape index (κ3) is 4.93. The lowest BCUT2D eigenvalue weighted by Crippen LogP contribution is -2.45. The maximum atomic E-state index is 13.3. The molecule has 2 unspecified atom stereocenters. The molecule has 0 spiro atoms. The van der Waals surface area contributed by atoms with Crippen LogP contribution in [0.25, 0.3) is 0 Å². The van der Waals surface area contributed by atoms with Gasteiger partial charge in [-0.3, -0.25) is 14.4 Å². The highest BCUT2D eigenvalue weighted by molar-refractivity contribution is 5.98. The molecule has 2 aromatic rings. The maximum absolute atomic E-state index is 13.3. The van der Waals surface area contributed by atoms with Crippen LogP contribution in [-0.4, -0.2) is 47.5 Å². The summed E-state index contributed by atoms with van der Waals surface area (Å²) in [5.41, 5.74) is 1.06. The van der Waals surface area contributed by atoms with Gasteiger partial charge in [-0.05, 0) is 42.7 Å². The van der Waals surface area contributed by atoms with Crippen molar-refractivity contribution in [2.45, 2.75) is 31.3 Å². The number of methoxy groups -OCH3 is 1. The van der Waals surface area contributed by atoms with Crippen LogP contribution < -0.4 is 10.1 Å². The number of likely N-dealkylation sites (tertiary alicyclic amines) is 1. The van der Waals surface area contributed by atoms with Gasteiger partial charge in [0.25, 0.3) is 5.91 Å².